The van der Waals surface area contributed by atoms with Gasteiger partial charge in [0.25, 0.3) is 5.91 Å². The molecular weight excluding hydrogens is 529 g/mol. The fourth-order valence-electron chi connectivity index (χ4n) is 4.14. The molecule has 0 aliphatic carbocycles. The molecule has 0 aromatic heterocycles. The normalized spacial score (nSPS) is 15.7. The Kier molecular flexibility index (Phi) is 10.8. The van der Waals surface area contributed by atoms with Gasteiger partial charge in [0.1, 0.15) is 17.2 Å². The van der Waals surface area contributed by atoms with Gasteiger partial charge in [0.15, 0.2) is 6.79 Å². The van der Waals surface area contributed by atoms with Crippen LogP contribution in [0, 0.1) is 5.82 Å². The molecule has 1 fully saturated rings. The predicted molar refractivity (Wildman–Crippen MR) is 148 cm³/mol. The summed E-state index contributed by atoms with van der Waals surface area (Å²) in [6.07, 6.45) is 0.339. The Hall–Kier alpha value is -3.08. The number of hydrogen-bond acceptors (Lipinski definition) is 7. The van der Waals surface area contributed by atoms with Crippen molar-refractivity contribution in [1.29, 1.82) is 0 Å². The number of nitrogens with zero attached hydrogens (tertiary/aromatic N) is 2. The van der Waals surface area contributed by atoms with E-state index >= 15 is 4.39 Å². The van der Waals surface area contributed by atoms with Crippen molar-refractivity contribution in [1.82, 2.24) is 4.90 Å². The SMILES string of the molecule is CCC1CN(c2ccc(NC(=O)c3cc(Cl)ccc3OCOCCOC)cc2F)CCN1C(=O)OC(C)(C)C. The number of hydrogen-bond donors (Lipinski definition) is 1. The van der Waals surface area contributed by atoms with Gasteiger partial charge in [0.05, 0.1) is 30.5 Å². The first-order valence-corrected chi connectivity index (χ1v) is 13.2. The Balaban J connectivity index is 1.67. The maximum atomic E-state index is 15.2. The van der Waals surface area contributed by atoms with Gasteiger partial charge in [-0.15, -0.1) is 0 Å². The van der Waals surface area contributed by atoms with Crippen LogP contribution in [0.1, 0.15) is 44.5 Å². The average molecular weight is 566 g/mol. The largest absolute Gasteiger partial charge is 0.467 e. The van der Waals surface area contributed by atoms with Crippen LogP contribution in [-0.2, 0) is 14.2 Å². The van der Waals surface area contributed by atoms with Crippen LogP contribution in [0.2, 0.25) is 5.02 Å². The average Bonchev–Trinajstić information content (AvgIpc) is 2.88. The number of nitrogens with one attached hydrogen (secondary N) is 1. The highest BCUT2D eigenvalue weighted by Crippen LogP contribution is 2.29. The van der Waals surface area contributed by atoms with E-state index in [0.717, 1.165) is 0 Å². The molecule has 1 atom stereocenters. The molecule has 1 N–H and O–H groups in total. The van der Waals surface area contributed by atoms with Gasteiger partial charge in [0.2, 0.25) is 0 Å². The second-order valence-corrected chi connectivity index (χ2v) is 10.5. The van der Waals surface area contributed by atoms with E-state index in [1.807, 2.05) is 32.6 Å². The number of ether oxygens (including phenoxy) is 4. The van der Waals surface area contributed by atoms with Crippen LogP contribution in [0.25, 0.3) is 0 Å². The molecule has 0 bridgehead atoms. The van der Waals surface area contributed by atoms with Crippen molar-refractivity contribution >= 4 is 35.0 Å². The van der Waals surface area contributed by atoms with Crippen molar-refractivity contribution in [3.63, 3.8) is 0 Å². The first kappa shape index (κ1) is 30.5. The minimum atomic E-state index is -0.589. The fraction of sp³-hybridized carbons (Fsp3) is 0.500. The summed E-state index contributed by atoms with van der Waals surface area (Å²) in [6.45, 7) is 9.49. The summed E-state index contributed by atoms with van der Waals surface area (Å²) in [4.78, 5) is 29.3. The van der Waals surface area contributed by atoms with E-state index in [1.54, 1.807) is 36.3 Å². The number of anilines is 2. The van der Waals surface area contributed by atoms with E-state index in [-0.39, 0.29) is 35.9 Å². The maximum Gasteiger partial charge on any atom is 0.410 e. The summed E-state index contributed by atoms with van der Waals surface area (Å²) in [5.41, 5.74) is 0.277. The first-order chi connectivity index (χ1) is 18.5. The molecule has 1 heterocycles. The lowest BCUT2D eigenvalue weighted by molar-refractivity contribution is -0.00872. The van der Waals surface area contributed by atoms with Crippen LogP contribution < -0.4 is 15.0 Å². The zero-order valence-electron chi connectivity index (χ0n) is 23.1. The Labute approximate surface area is 234 Å². The van der Waals surface area contributed by atoms with Gasteiger partial charge >= 0.3 is 6.09 Å². The van der Waals surface area contributed by atoms with Gasteiger partial charge in [-0.2, -0.15) is 0 Å². The molecular formula is C28H37ClFN3O6. The van der Waals surface area contributed by atoms with E-state index < -0.39 is 17.3 Å². The Morgan fingerprint density at radius 1 is 1.13 bits per heavy atom. The van der Waals surface area contributed by atoms with E-state index in [0.29, 0.717) is 50.0 Å². The molecule has 0 saturated carbocycles. The highest BCUT2D eigenvalue weighted by Gasteiger charge is 2.33. The van der Waals surface area contributed by atoms with E-state index in [4.69, 9.17) is 30.5 Å². The molecule has 1 saturated heterocycles. The molecule has 9 nitrogen and oxygen atoms in total. The highest BCUT2D eigenvalue weighted by molar-refractivity contribution is 6.31. The third kappa shape index (κ3) is 8.71. The molecule has 1 aliphatic heterocycles. The molecule has 1 aliphatic rings. The summed E-state index contributed by atoms with van der Waals surface area (Å²) in [5, 5.41) is 3.06. The van der Waals surface area contributed by atoms with Crippen molar-refractivity contribution < 1.29 is 32.9 Å². The van der Waals surface area contributed by atoms with Crippen LogP contribution in [0.15, 0.2) is 36.4 Å². The molecule has 2 aromatic carbocycles. The lowest BCUT2D eigenvalue weighted by Crippen LogP contribution is -2.56. The van der Waals surface area contributed by atoms with Crippen molar-refractivity contribution in [2.75, 3.05) is 57.0 Å². The third-order valence-corrected chi connectivity index (χ3v) is 6.28. The van der Waals surface area contributed by atoms with E-state index in [9.17, 15) is 9.59 Å². The molecule has 2 amide bonds. The summed E-state index contributed by atoms with van der Waals surface area (Å²) in [7, 11) is 1.57. The number of rotatable bonds is 10. The summed E-state index contributed by atoms with van der Waals surface area (Å²) in [6, 6.07) is 9.06. The Morgan fingerprint density at radius 2 is 1.90 bits per heavy atom. The molecule has 0 radical (unpaired) electrons. The minimum absolute atomic E-state index is 0.0749. The van der Waals surface area contributed by atoms with Crippen molar-refractivity contribution in [3.05, 3.63) is 52.8 Å². The topological polar surface area (TPSA) is 89.6 Å². The van der Waals surface area contributed by atoms with Crippen LogP contribution in [-0.4, -0.2) is 75.3 Å². The lowest BCUT2D eigenvalue weighted by Gasteiger charge is -2.42. The number of amides is 2. The zero-order chi connectivity index (χ0) is 28.6. The smallest absolute Gasteiger partial charge is 0.410 e. The molecule has 39 heavy (non-hydrogen) atoms. The molecule has 11 heteroatoms. The minimum Gasteiger partial charge on any atom is -0.467 e. The molecule has 2 aromatic rings. The third-order valence-electron chi connectivity index (χ3n) is 6.04. The summed E-state index contributed by atoms with van der Waals surface area (Å²) in [5.74, 6) is -0.712. The van der Waals surface area contributed by atoms with Gasteiger partial charge in [-0.25, -0.2) is 9.18 Å². The van der Waals surface area contributed by atoms with Gasteiger partial charge in [-0.05, 0) is 63.6 Å². The van der Waals surface area contributed by atoms with Gasteiger partial charge in [-0.3, -0.25) is 4.79 Å². The lowest BCUT2D eigenvalue weighted by atomic mass is 10.1. The van der Waals surface area contributed by atoms with Crippen molar-refractivity contribution in [2.45, 2.75) is 45.8 Å². The number of benzene rings is 2. The predicted octanol–water partition coefficient (Wildman–Crippen LogP) is 5.57. The van der Waals surface area contributed by atoms with Crippen LogP contribution in [0.5, 0.6) is 5.75 Å². The second-order valence-electron chi connectivity index (χ2n) is 10.1. The highest BCUT2D eigenvalue weighted by atomic mass is 35.5. The number of carbonyl (C=O) groups excluding carboxylic acids is 2. The number of piperazine rings is 1. The van der Waals surface area contributed by atoms with Crippen LogP contribution in [0.3, 0.4) is 0 Å². The van der Waals surface area contributed by atoms with E-state index in [2.05, 4.69) is 5.32 Å². The number of carbonyl (C=O) groups is 2. The fourth-order valence-corrected chi connectivity index (χ4v) is 4.31. The molecule has 0 spiro atoms. The molecule has 214 valence electrons. The standard InChI is InChI=1S/C28H37ClFN3O6/c1-6-21-17-32(11-12-33(21)27(35)39-28(2,3)4)24-9-8-20(16-23(24)30)31-26(34)22-15-19(29)7-10-25(22)38-18-37-14-13-36-5/h7-10,15-16,21H,6,11-14,17-18H2,1-5H3,(H,31,34). The van der Waals surface area contributed by atoms with E-state index in [1.165, 1.54) is 12.1 Å². The summed E-state index contributed by atoms with van der Waals surface area (Å²) < 4.78 is 36.6. The van der Waals surface area contributed by atoms with Crippen LogP contribution in [0.4, 0.5) is 20.6 Å². The second kappa shape index (κ2) is 13.8. The monoisotopic (exact) mass is 565 g/mol. The Morgan fingerprint density at radius 3 is 2.56 bits per heavy atom. The van der Waals surface area contributed by atoms with Gasteiger partial charge in [0, 0.05) is 37.5 Å². The van der Waals surface area contributed by atoms with Gasteiger partial charge in [-0.1, -0.05) is 18.5 Å². The van der Waals surface area contributed by atoms with Crippen molar-refractivity contribution in [2.24, 2.45) is 0 Å². The van der Waals surface area contributed by atoms with Crippen LogP contribution >= 0.6 is 11.6 Å². The quantitative estimate of drug-likeness (QED) is 0.298. The number of methoxy groups -OCH3 is 1. The summed E-state index contributed by atoms with van der Waals surface area (Å²) >= 11 is 6.10. The maximum absolute atomic E-state index is 15.2. The first-order valence-electron chi connectivity index (χ1n) is 12.9. The zero-order valence-corrected chi connectivity index (χ0v) is 23.8. The molecule has 1 unspecified atom stereocenters. The molecule has 3 rings (SSSR count). The van der Waals surface area contributed by atoms with Crippen molar-refractivity contribution in [3.8, 4) is 5.75 Å². The van der Waals surface area contributed by atoms with Gasteiger partial charge < -0.3 is 34.1 Å². The number of halogens is 2. The Bertz CT molecular complexity index is 1140.